The maximum atomic E-state index is 10.9. The number of hydrogen-bond donors (Lipinski definition) is 3. The van der Waals surface area contributed by atoms with Crippen LogP contribution in [0.5, 0.6) is 0 Å². The van der Waals surface area contributed by atoms with Crippen LogP contribution < -0.4 is 16.4 Å². The molecule has 90 valence electrons. The van der Waals surface area contributed by atoms with Gasteiger partial charge in [-0.05, 0) is 20.4 Å². The summed E-state index contributed by atoms with van der Waals surface area (Å²) in [6, 6.07) is 0. The normalized spacial score (nSPS) is 24.9. The van der Waals surface area contributed by atoms with Gasteiger partial charge in [0.05, 0.1) is 4.92 Å². The summed E-state index contributed by atoms with van der Waals surface area (Å²) < 4.78 is 0. The number of nitrogens with one attached hydrogen (secondary N) is 2. The molecule has 4 N–H and O–H groups in total. The van der Waals surface area contributed by atoms with E-state index in [4.69, 9.17) is 5.73 Å². The minimum absolute atomic E-state index is 0.128. The number of allylic oxidation sites excluding steroid dienone is 1. The zero-order chi connectivity index (χ0) is 12.2. The fourth-order valence-electron chi connectivity index (χ4n) is 1.68. The first kappa shape index (κ1) is 12.7. The summed E-state index contributed by atoms with van der Waals surface area (Å²) in [4.78, 5) is 10.6. The smallest absolute Gasteiger partial charge is 0.268 e. The van der Waals surface area contributed by atoms with Crippen molar-refractivity contribution < 1.29 is 4.92 Å². The molecule has 0 fully saturated rings. The zero-order valence-electron chi connectivity index (χ0n) is 9.62. The van der Waals surface area contributed by atoms with E-state index in [1.54, 1.807) is 6.08 Å². The van der Waals surface area contributed by atoms with Crippen molar-refractivity contribution in [1.29, 1.82) is 0 Å². The van der Waals surface area contributed by atoms with Crippen molar-refractivity contribution in [2.45, 2.75) is 18.9 Å². The van der Waals surface area contributed by atoms with E-state index in [0.717, 1.165) is 6.54 Å². The van der Waals surface area contributed by atoms with E-state index >= 15 is 0 Å². The van der Waals surface area contributed by atoms with E-state index in [0.29, 0.717) is 18.7 Å². The largest absolute Gasteiger partial charge is 0.399 e. The predicted octanol–water partition coefficient (Wildman–Crippen LogP) is -0.0390. The number of hydrogen-bond acceptors (Lipinski definition) is 5. The lowest BCUT2D eigenvalue weighted by Crippen LogP contribution is -2.49. The third-order valence-corrected chi connectivity index (χ3v) is 2.70. The van der Waals surface area contributed by atoms with Gasteiger partial charge in [0.1, 0.15) is 5.54 Å². The van der Waals surface area contributed by atoms with Crippen LogP contribution in [0.1, 0.15) is 13.3 Å². The standard InChI is InChI=1S/C10H18N4O2/c1-10(13-6-5-12-2)4-3-8(11)7-9(10)14(15)16/h3,7,12-13H,4-6,11H2,1-2H3. The maximum Gasteiger partial charge on any atom is 0.268 e. The predicted molar refractivity (Wildman–Crippen MR) is 62.3 cm³/mol. The monoisotopic (exact) mass is 226 g/mol. The molecule has 1 unspecified atom stereocenters. The van der Waals surface area contributed by atoms with Crippen molar-refractivity contribution in [3.63, 3.8) is 0 Å². The topological polar surface area (TPSA) is 93.2 Å². The maximum absolute atomic E-state index is 10.9. The van der Waals surface area contributed by atoms with Gasteiger partial charge in [-0.1, -0.05) is 6.08 Å². The molecule has 0 spiro atoms. The van der Waals surface area contributed by atoms with Crippen molar-refractivity contribution in [2.75, 3.05) is 20.1 Å². The number of nitrogens with zero attached hydrogens (tertiary/aromatic N) is 1. The summed E-state index contributed by atoms with van der Waals surface area (Å²) in [5, 5.41) is 17.1. The van der Waals surface area contributed by atoms with Crippen LogP contribution in [0.25, 0.3) is 0 Å². The molecule has 0 heterocycles. The van der Waals surface area contributed by atoms with Gasteiger partial charge >= 0.3 is 0 Å². The summed E-state index contributed by atoms with van der Waals surface area (Å²) in [7, 11) is 1.84. The van der Waals surface area contributed by atoms with Gasteiger partial charge in [-0.25, -0.2) is 0 Å². The minimum Gasteiger partial charge on any atom is -0.399 e. The summed E-state index contributed by atoms with van der Waals surface area (Å²) in [6.45, 7) is 3.26. The SMILES string of the molecule is CNCCNC1(C)CC=C(N)C=C1[N+](=O)[O-]. The molecule has 1 rings (SSSR count). The molecule has 0 aromatic heterocycles. The van der Waals surface area contributed by atoms with Crippen molar-refractivity contribution in [1.82, 2.24) is 10.6 Å². The fraction of sp³-hybridized carbons (Fsp3) is 0.600. The molecule has 16 heavy (non-hydrogen) atoms. The lowest BCUT2D eigenvalue weighted by molar-refractivity contribution is -0.436. The number of likely N-dealkylation sites (N-methyl/N-ethyl adjacent to an activating group) is 1. The number of rotatable bonds is 5. The van der Waals surface area contributed by atoms with E-state index < -0.39 is 5.54 Å². The molecule has 6 heteroatoms. The van der Waals surface area contributed by atoms with Crippen LogP contribution in [0.2, 0.25) is 0 Å². The lowest BCUT2D eigenvalue weighted by Gasteiger charge is -2.29. The molecular weight excluding hydrogens is 208 g/mol. The first-order chi connectivity index (χ1) is 7.49. The Labute approximate surface area is 94.7 Å². The van der Waals surface area contributed by atoms with Gasteiger partial charge in [0.2, 0.25) is 0 Å². The lowest BCUT2D eigenvalue weighted by atomic mass is 9.88. The Balaban J connectivity index is 2.79. The Morgan fingerprint density at radius 1 is 1.62 bits per heavy atom. The van der Waals surface area contributed by atoms with E-state index in [9.17, 15) is 10.1 Å². The van der Waals surface area contributed by atoms with Crippen LogP contribution in [-0.4, -0.2) is 30.6 Å². The Bertz CT molecular complexity index is 338. The van der Waals surface area contributed by atoms with Crippen LogP contribution in [0.4, 0.5) is 0 Å². The van der Waals surface area contributed by atoms with Gasteiger partial charge in [-0.3, -0.25) is 10.1 Å². The number of nitrogens with two attached hydrogens (primary N) is 1. The summed E-state index contributed by atoms with van der Waals surface area (Å²) in [5.74, 6) is 0. The van der Waals surface area contributed by atoms with Crippen LogP contribution in [0, 0.1) is 10.1 Å². The Hall–Kier alpha value is -1.40. The molecule has 0 saturated carbocycles. The molecule has 1 aliphatic carbocycles. The molecule has 0 amide bonds. The van der Waals surface area contributed by atoms with E-state index in [2.05, 4.69) is 10.6 Å². The molecule has 0 aliphatic heterocycles. The molecule has 1 atom stereocenters. The molecule has 0 bridgehead atoms. The molecule has 1 aliphatic rings. The third kappa shape index (κ3) is 2.80. The van der Waals surface area contributed by atoms with Gasteiger partial charge in [-0.2, -0.15) is 0 Å². The number of nitro groups is 1. The molecule has 0 saturated heterocycles. The fourth-order valence-corrected chi connectivity index (χ4v) is 1.68. The van der Waals surface area contributed by atoms with Gasteiger partial charge in [0.15, 0.2) is 0 Å². The van der Waals surface area contributed by atoms with Gasteiger partial charge < -0.3 is 16.4 Å². The van der Waals surface area contributed by atoms with Crippen LogP contribution in [0.15, 0.2) is 23.5 Å². The van der Waals surface area contributed by atoms with Gasteiger partial charge in [0.25, 0.3) is 5.70 Å². The second-order valence-electron chi connectivity index (χ2n) is 4.06. The molecule has 0 radical (unpaired) electrons. The van der Waals surface area contributed by atoms with E-state index in [1.807, 2.05) is 14.0 Å². The van der Waals surface area contributed by atoms with Crippen molar-refractivity contribution in [3.05, 3.63) is 33.7 Å². The first-order valence-corrected chi connectivity index (χ1v) is 5.21. The van der Waals surface area contributed by atoms with Crippen LogP contribution in [0.3, 0.4) is 0 Å². The van der Waals surface area contributed by atoms with Crippen LogP contribution >= 0.6 is 0 Å². The highest BCUT2D eigenvalue weighted by atomic mass is 16.6. The van der Waals surface area contributed by atoms with Crippen molar-refractivity contribution in [3.8, 4) is 0 Å². The van der Waals surface area contributed by atoms with E-state index in [1.165, 1.54) is 6.08 Å². The zero-order valence-corrected chi connectivity index (χ0v) is 9.62. The third-order valence-electron chi connectivity index (χ3n) is 2.70. The molecular formula is C10H18N4O2. The average molecular weight is 226 g/mol. The Morgan fingerprint density at radius 3 is 2.88 bits per heavy atom. The van der Waals surface area contributed by atoms with Gasteiger partial charge in [-0.15, -0.1) is 0 Å². The average Bonchev–Trinajstić information content (AvgIpc) is 2.22. The van der Waals surface area contributed by atoms with Crippen molar-refractivity contribution >= 4 is 0 Å². The van der Waals surface area contributed by atoms with Crippen molar-refractivity contribution in [2.24, 2.45) is 5.73 Å². The van der Waals surface area contributed by atoms with E-state index in [-0.39, 0.29) is 10.6 Å². The summed E-state index contributed by atoms with van der Waals surface area (Å²) in [5.41, 5.74) is 5.53. The highest BCUT2D eigenvalue weighted by Gasteiger charge is 2.38. The second-order valence-corrected chi connectivity index (χ2v) is 4.06. The quantitative estimate of drug-likeness (QED) is 0.347. The van der Waals surface area contributed by atoms with Crippen LogP contribution in [-0.2, 0) is 0 Å². The second kappa shape index (κ2) is 5.09. The molecule has 6 nitrogen and oxygen atoms in total. The highest BCUT2D eigenvalue weighted by molar-refractivity contribution is 5.30. The Kier molecular flexibility index (Phi) is 4.03. The van der Waals surface area contributed by atoms with Gasteiger partial charge in [0, 0.05) is 24.9 Å². The first-order valence-electron chi connectivity index (χ1n) is 5.21. The molecule has 0 aromatic rings. The Morgan fingerprint density at radius 2 is 2.31 bits per heavy atom. The minimum atomic E-state index is -0.636. The summed E-state index contributed by atoms with van der Waals surface area (Å²) >= 11 is 0. The molecule has 0 aromatic carbocycles. The summed E-state index contributed by atoms with van der Waals surface area (Å²) in [6.07, 6.45) is 3.77. The highest BCUT2D eigenvalue weighted by Crippen LogP contribution is 2.26.